The molecule has 68 valence electrons. The topological polar surface area (TPSA) is 85.1 Å². The molecular weight excluding hydrogens is 170 g/mol. The molecule has 5 nitrogen and oxygen atoms in total. The lowest BCUT2D eigenvalue weighted by molar-refractivity contribution is -0.124. The summed E-state index contributed by atoms with van der Waals surface area (Å²) >= 11 is 0. The van der Waals surface area contributed by atoms with E-state index >= 15 is 0 Å². The molecule has 0 unspecified atom stereocenters. The van der Waals surface area contributed by atoms with Crippen molar-refractivity contribution >= 4 is 17.6 Å². The van der Waals surface area contributed by atoms with Crippen LogP contribution in [-0.2, 0) is 9.59 Å². The number of hydrogen-bond acceptors (Lipinski definition) is 3. The molecular formula is C8H9N3O2. The molecule has 0 aliphatic heterocycles. The summed E-state index contributed by atoms with van der Waals surface area (Å²) in [6, 6.07) is 5.08. The number of carbonyl (C=O) groups is 2. The largest absolute Gasteiger partial charge is 0.369 e. The van der Waals surface area contributed by atoms with Crippen LogP contribution in [0.15, 0.2) is 24.4 Å². The molecule has 0 aromatic carbocycles. The fourth-order valence-electron chi connectivity index (χ4n) is 0.782. The second-order valence-corrected chi connectivity index (χ2v) is 2.41. The monoisotopic (exact) mass is 179 g/mol. The molecule has 0 saturated heterocycles. The summed E-state index contributed by atoms with van der Waals surface area (Å²) in [6.45, 7) is 0. The van der Waals surface area contributed by atoms with Crippen molar-refractivity contribution in [3.05, 3.63) is 24.4 Å². The van der Waals surface area contributed by atoms with Gasteiger partial charge in [0.1, 0.15) is 12.2 Å². The summed E-state index contributed by atoms with van der Waals surface area (Å²) in [4.78, 5) is 25.2. The first-order valence-electron chi connectivity index (χ1n) is 3.67. The highest BCUT2D eigenvalue weighted by Gasteiger charge is 2.05. The van der Waals surface area contributed by atoms with Crippen LogP contribution in [0.25, 0.3) is 0 Å². The molecule has 5 heteroatoms. The maximum Gasteiger partial charge on any atom is 0.234 e. The Morgan fingerprint density at radius 1 is 1.46 bits per heavy atom. The lowest BCUT2D eigenvalue weighted by Crippen LogP contribution is -2.21. The van der Waals surface area contributed by atoms with Crippen LogP contribution in [0.3, 0.4) is 0 Å². The van der Waals surface area contributed by atoms with Gasteiger partial charge in [-0.15, -0.1) is 0 Å². The third kappa shape index (κ3) is 3.33. The van der Waals surface area contributed by atoms with Crippen LogP contribution in [0.2, 0.25) is 0 Å². The predicted molar refractivity (Wildman–Crippen MR) is 46.7 cm³/mol. The van der Waals surface area contributed by atoms with Gasteiger partial charge in [-0.2, -0.15) is 0 Å². The van der Waals surface area contributed by atoms with Crippen LogP contribution in [0, 0.1) is 0 Å². The number of rotatable bonds is 3. The Bertz CT molecular complexity index is 310. The Kier molecular flexibility index (Phi) is 2.97. The molecule has 0 fully saturated rings. The molecule has 1 aromatic rings. The first kappa shape index (κ1) is 9.18. The summed E-state index contributed by atoms with van der Waals surface area (Å²) in [5.41, 5.74) is 4.83. The summed E-state index contributed by atoms with van der Waals surface area (Å²) in [7, 11) is 0. The summed E-state index contributed by atoms with van der Waals surface area (Å²) in [6.07, 6.45) is 1.22. The number of nitrogens with zero attached hydrogens (tertiary/aromatic N) is 1. The van der Waals surface area contributed by atoms with Gasteiger partial charge in [0.15, 0.2) is 0 Å². The molecule has 0 bridgehead atoms. The van der Waals surface area contributed by atoms with Crippen molar-refractivity contribution in [2.75, 3.05) is 5.32 Å². The van der Waals surface area contributed by atoms with Crippen molar-refractivity contribution in [1.29, 1.82) is 0 Å². The van der Waals surface area contributed by atoms with Crippen molar-refractivity contribution in [1.82, 2.24) is 4.98 Å². The number of nitrogens with two attached hydrogens (primary N) is 1. The molecule has 0 aliphatic carbocycles. The zero-order valence-electron chi connectivity index (χ0n) is 6.86. The number of primary amides is 1. The molecule has 1 heterocycles. The molecule has 2 amide bonds. The van der Waals surface area contributed by atoms with Gasteiger partial charge in [0.2, 0.25) is 11.8 Å². The van der Waals surface area contributed by atoms with E-state index in [1.54, 1.807) is 24.4 Å². The lowest BCUT2D eigenvalue weighted by atomic mass is 10.4. The molecule has 1 rings (SSSR count). The maximum atomic E-state index is 11.0. The first-order chi connectivity index (χ1) is 6.18. The Balaban J connectivity index is 2.50. The Labute approximate surface area is 75.0 Å². The molecule has 0 radical (unpaired) electrons. The van der Waals surface area contributed by atoms with Gasteiger partial charge in [0, 0.05) is 6.20 Å². The molecule has 0 aliphatic rings. The normalized spacial score (nSPS) is 9.23. The Morgan fingerprint density at radius 2 is 2.23 bits per heavy atom. The number of amides is 2. The SMILES string of the molecule is NC(=O)CC(=O)Nc1ccccn1. The minimum atomic E-state index is -0.659. The molecule has 0 saturated carbocycles. The van der Waals surface area contributed by atoms with Crippen LogP contribution in [0.5, 0.6) is 0 Å². The molecule has 1 aromatic heterocycles. The summed E-state index contributed by atoms with van der Waals surface area (Å²) in [5.74, 6) is -0.701. The fraction of sp³-hybridized carbons (Fsp3) is 0.125. The quantitative estimate of drug-likeness (QED) is 0.635. The predicted octanol–water partition coefficient (Wildman–Crippen LogP) is -0.105. The minimum absolute atomic E-state index is 0.323. The second kappa shape index (κ2) is 4.20. The number of carbonyl (C=O) groups excluding carboxylic acids is 2. The van der Waals surface area contributed by atoms with E-state index < -0.39 is 11.8 Å². The molecule has 0 spiro atoms. The van der Waals surface area contributed by atoms with E-state index in [0.29, 0.717) is 5.82 Å². The van der Waals surface area contributed by atoms with Crippen LogP contribution < -0.4 is 11.1 Å². The molecule has 3 N–H and O–H groups in total. The van der Waals surface area contributed by atoms with E-state index in [-0.39, 0.29) is 6.42 Å². The second-order valence-electron chi connectivity index (χ2n) is 2.41. The maximum absolute atomic E-state index is 11.0. The zero-order chi connectivity index (χ0) is 9.68. The number of nitrogens with one attached hydrogen (secondary N) is 1. The van der Waals surface area contributed by atoms with Crippen LogP contribution in [-0.4, -0.2) is 16.8 Å². The van der Waals surface area contributed by atoms with Crippen molar-refractivity contribution in [3.8, 4) is 0 Å². The van der Waals surface area contributed by atoms with Crippen LogP contribution >= 0.6 is 0 Å². The third-order valence-corrected chi connectivity index (χ3v) is 1.27. The summed E-state index contributed by atoms with van der Waals surface area (Å²) in [5, 5.41) is 2.42. The number of pyridine rings is 1. The lowest BCUT2D eigenvalue weighted by Gasteiger charge is -2.00. The fourth-order valence-corrected chi connectivity index (χ4v) is 0.782. The first-order valence-corrected chi connectivity index (χ1v) is 3.67. The van der Waals surface area contributed by atoms with Gasteiger partial charge in [-0.05, 0) is 12.1 Å². The standard InChI is InChI=1S/C8H9N3O2/c9-6(12)5-8(13)11-7-3-1-2-4-10-7/h1-4H,5H2,(H2,9,12)(H,10,11,13). The van der Waals surface area contributed by atoms with E-state index in [4.69, 9.17) is 5.73 Å². The van der Waals surface area contributed by atoms with Crippen molar-refractivity contribution in [2.45, 2.75) is 6.42 Å². The number of anilines is 1. The van der Waals surface area contributed by atoms with Gasteiger partial charge in [-0.1, -0.05) is 6.07 Å². The van der Waals surface area contributed by atoms with Gasteiger partial charge in [-0.25, -0.2) is 4.98 Å². The average Bonchev–Trinajstić information content (AvgIpc) is 2.04. The zero-order valence-corrected chi connectivity index (χ0v) is 6.86. The summed E-state index contributed by atoms with van der Waals surface area (Å²) < 4.78 is 0. The van der Waals surface area contributed by atoms with Crippen molar-refractivity contribution in [2.24, 2.45) is 5.73 Å². The average molecular weight is 179 g/mol. The van der Waals surface area contributed by atoms with Crippen LogP contribution in [0.1, 0.15) is 6.42 Å². The van der Waals surface area contributed by atoms with Gasteiger partial charge >= 0.3 is 0 Å². The van der Waals surface area contributed by atoms with E-state index in [1.807, 2.05) is 0 Å². The smallest absolute Gasteiger partial charge is 0.234 e. The van der Waals surface area contributed by atoms with Gasteiger partial charge in [0.25, 0.3) is 0 Å². The van der Waals surface area contributed by atoms with E-state index in [1.165, 1.54) is 0 Å². The van der Waals surface area contributed by atoms with Crippen LogP contribution in [0.4, 0.5) is 5.82 Å². The number of aromatic nitrogens is 1. The van der Waals surface area contributed by atoms with E-state index in [9.17, 15) is 9.59 Å². The van der Waals surface area contributed by atoms with Gasteiger partial charge in [-0.3, -0.25) is 9.59 Å². The molecule has 13 heavy (non-hydrogen) atoms. The van der Waals surface area contributed by atoms with Gasteiger partial charge < -0.3 is 11.1 Å². The number of hydrogen-bond donors (Lipinski definition) is 2. The highest BCUT2D eigenvalue weighted by atomic mass is 16.2. The minimum Gasteiger partial charge on any atom is -0.369 e. The van der Waals surface area contributed by atoms with Gasteiger partial charge in [0.05, 0.1) is 0 Å². The Morgan fingerprint density at radius 3 is 2.77 bits per heavy atom. The third-order valence-electron chi connectivity index (χ3n) is 1.27. The van der Waals surface area contributed by atoms with E-state index in [0.717, 1.165) is 0 Å². The van der Waals surface area contributed by atoms with E-state index in [2.05, 4.69) is 10.3 Å². The molecule has 0 atom stereocenters. The highest BCUT2D eigenvalue weighted by Crippen LogP contribution is 1.99. The van der Waals surface area contributed by atoms with Crippen molar-refractivity contribution in [3.63, 3.8) is 0 Å². The highest BCUT2D eigenvalue weighted by molar-refractivity contribution is 6.02. The Hall–Kier alpha value is -1.91. The van der Waals surface area contributed by atoms with Crippen molar-refractivity contribution < 1.29 is 9.59 Å².